The summed E-state index contributed by atoms with van der Waals surface area (Å²) < 4.78 is 5.44. The molecule has 1 aliphatic heterocycles. The number of Topliss-reactive ketones (excluding diaryl/α,β-unsaturated/α-hetero) is 1. The summed E-state index contributed by atoms with van der Waals surface area (Å²) in [4.78, 5) is 16.2. The van der Waals surface area contributed by atoms with Crippen LogP contribution in [-0.4, -0.2) is 44.0 Å². The van der Waals surface area contributed by atoms with Crippen molar-refractivity contribution in [3.8, 4) is 5.75 Å². The van der Waals surface area contributed by atoms with Crippen LogP contribution in [0.25, 0.3) is 0 Å². The molecule has 0 amide bonds. The minimum absolute atomic E-state index is 0.104. The van der Waals surface area contributed by atoms with E-state index in [1.165, 1.54) is 5.69 Å². The molecule has 1 heterocycles. The van der Waals surface area contributed by atoms with E-state index in [9.17, 15) is 4.79 Å². The van der Waals surface area contributed by atoms with Crippen LogP contribution >= 0.6 is 11.6 Å². The number of carbonyl (C=O) groups is 1. The first-order chi connectivity index (χ1) is 12.1. The zero-order valence-electron chi connectivity index (χ0n) is 14.7. The summed E-state index contributed by atoms with van der Waals surface area (Å²) in [5.41, 5.74) is 3.05. The molecule has 1 fully saturated rings. The summed E-state index contributed by atoms with van der Waals surface area (Å²) in [6, 6.07) is 13.6. The molecule has 0 bridgehead atoms. The standard InChI is InChI=1S/C20H23ClN2O2/c1-15(24)16-3-6-19(7-4-16)23-11-9-22(10-12-23)14-17-13-18(21)5-8-20(17)25-2/h3-8,13H,9-12,14H2,1-2H3. The molecule has 132 valence electrons. The van der Waals surface area contributed by atoms with Crippen molar-refractivity contribution in [3.05, 3.63) is 58.6 Å². The maximum Gasteiger partial charge on any atom is 0.159 e. The predicted octanol–water partition coefficient (Wildman–Crippen LogP) is 3.87. The van der Waals surface area contributed by atoms with Gasteiger partial charge in [-0.2, -0.15) is 0 Å². The van der Waals surface area contributed by atoms with E-state index in [0.29, 0.717) is 0 Å². The average molecular weight is 359 g/mol. The van der Waals surface area contributed by atoms with Gasteiger partial charge in [0.05, 0.1) is 7.11 Å². The third-order valence-corrected chi connectivity index (χ3v) is 4.88. The highest BCUT2D eigenvalue weighted by Gasteiger charge is 2.19. The number of carbonyl (C=O) groups excluding carboxylic acids is 1. The number of halogens is 1. The van der Waals surface area contributed by atoms with Crippen LogP contribution in [0.3, 0.4) is 0 Å². The lowest BCUT2D eigenvalue weighted by atomic mass is 10.1. The van der Waals surface area contributed by atoms with Crippen molar-refractivity contribution in [2.45, 2.75) is 13.5 Å². The molecular formula is C20H23ClN2O2. The Balaban J connectivity index is 1.60. The van der Waals surface area contributed by atoms with Crippen molar-refractivity contribution in [1.82, 2.24) is 4.90 Å². The smallest absolute Gasteiger partial charge is 0.159 e. The molecule has 0 aromatic heterocycles. The molecule has 1 saturated heterocycles. The van der Waals surface area contributed by atoms with Crippen LogP contribution in [-0.2, 0) is 6.54 Å². The van der Waals surface area contributed by atoms with Gasteiger partial charge in [0.1, 0.15) is 5.75 Å². The minimum Gasteiger partial charge on any atom is -0.496 e. The molecular weight excluding hydrogens is 336 g/mol. The van der Waals surface area contributed by atoms with E-state index < -0.39 is 0 Å². The van der Waals surface area contributed by atoms with Crippen LogP contribution in [0.1, 0.15) is 22.8 Å². The summed E-state index contributed by atoms with van der Waals surface area (Å²) in [6.45, 7) is 6.30. The van der Waals surface area contributed by atoms with E-state index in [1.54, 1.807) is 14.0 Å². The summed E-state index contributed by atoms with van der Waals surface area (Å²) in [7, 11) is 1.69. The van der Waals surface area contributed by atoms with Gasteiger partial charge in [-0.1, -0.05) is 11.6 Å². The zero-order valence-corrected chi connectivity index (χ0v) is 15.4. The molecule has 0 spiro atoms. The topological polar surface area (TPSA) is 32.8 Å². The van der Waals surface area contributed by atoms with E-state index in [-0.39, 0.29) is 5.78 Å². The molecule has 2 aromatic rings. The quantitative estimate of drug-likeness (QED) is 0.759. The number of rotatable bonds is 5. The monoisotopic (exact) mass is 358 g/mol. The second-order valence-electron chi connectivity index (χ2n) is 6.32. The first kappa shape index (κ1) is 17.8. The highest BCUT2D eigenvalue weighted by molar-refractivity contribution is 6.30. The van der Waals surface area contributed by atoms with E-state index in [2.05, 4.69) is 9.80 Å². The fraction of sp³-hybridized carbons (Fsp3) is 0.350. The maximum absolute atomic E-state index is 11.4. The Morgan fingerprint density at radius 1 is 1.08 bits per heavy atom. The van der Waals surface area contributed by atoms with Gasteiger partial charge in [0.15, 0.2) is 5.78 Å². The van der Waals surface area contributed by atoms with Crippen molar-refractivity contribution < 1.29 is 9.53 Å². The minimum atomic E-state index is 0.104. The van der Waals surface area contributed by atoms with Crippen LogP contribution < -0.4 is 9.64 Å². The van der Waals surface area contributed by atoms with Crippen LogP contribution in [0, 0.1) is 0 Å². The lowest BCUT2D eigenvalue weighted by Gasteiger charge is -2.36. The molecule has 5 heteroatoms. The summed E-state index contributed by atoms with van der Waals surface area (Å²) in [5.74, 6) is 0.985. The Kier molecular flexibility index (Phi) is 5.61. The average Bonchev–Trinajstić information content (AvgIpc) is 2.63. The molecule has 0 atom stereocenters. The molecule has 0 aliphatic carbocycles. The second-order valence-corrected chi connectivity index (χ2v) is 6.76. The molecule has 3 rings (SSSR count). The van der Waals surface area contributed by atoms with E-state index in [1.807, 2.05) is 42.5 Å². The number of piperazine rings is 1. The Labute approximate surface area is 154 Å². The van der Waals surface area contributed by atoms with Gasteiger partial charge in [-0.3, -0.25) is 9.69 Å². The van der Waals surface area contributed by atoms with Gasteiger partial charge in [0, 0.05) is 54.6 Å². The van der Waals surface area contributed by atoms with Crippen LogP contribution in [0.5, 0.6) is 5.75 Å². The third-order valence-electron chi connectivity index (χ3n) is 4.65. The van der Waals surface area contributed by atoms with Crippen molar-refractivity contribution in [1.29, 1.82) is 0 Å². The van der Waals surface area contributed by atoms with Gasteiger partial charge in [-0.15, -0.1) is 0 Å². The third kappa shape index (κ3) is 4.33. The number of hydrogen-bond donors (Lipinski definition) is 0. The lowest BCUT2D eigenvalue weighted by molar-refractivity contribution is 0.101. The van der Waals surface area contributed by atoms with Crippen molar-refractivity contribution in [3.63, 3.8) is 0 Å². The summed E-state index contributed by atoms with van der Waals surface area (Å²) in [5, 5.41) is 0.736. The largest absolute Gasteiger partial charge is 0.496 e. The predicted molar refractivity (Wildman–Crippen MR) is 102 cm³/mol. The fourth-order valence-electron chi connectivity index (χ4n) is 3.18. The Bertz CT molecular complexity index is 738. The molecule has 25 heavy (non-hydrogen) atoms. The first-order valence-corrected chi connectivity index (χ1v) is 8.85. The molecule has 0 unspecified atom stereocenters. The van der Waals surface area contributed by atoms with Gasteiger partial charge >= 0.3 is 0 Å². The maximum atomic E-state index is 11.4. The summed E-state index contributed by atoms with van der Waals surface area (Å²) >= 11 is 6.12. The zero-order chi connectivity index (χ0) is 17.8. The van der Waals surface area contributed by atoms with Crippen LogP contribution in [0.15, 0.2) is 42.5 Å². The Hall–Kier alpha value is -2.04. The lowest BCUT2D eigenvalue weighted by Crippen LogP contribution is -2.46. The highest BCUT2D eigenvalue weighted by Crippen LogP contribution is 2.25. The molecule has 0 radical (unpaired) electrons. The van der Waals surface area contributed by atoms with Crippen molar-refractivity contribution >= 4 is 23.1 Å². The fourth-order valence-corrected chi connectivity index (χ4v) is 3.38. The van der Waals surface area contributed by atoms with Crippen molar-refractivity contribution in [2.75, 3.05) is 38.2 Å². The van der Waals surface area contributed by atoms with Crippen LogP contribution in [0.4, 0.5) is 5.69 Å². The van der Waals surface area contributed by atoms with Crippen molar-refractivity contribution in [2.24, 2.45) is 0 Å². The number of anilines is 1. The SMILES string of the molecule is COc1ccc(Cl)cc1CN1CCN(c2ccc(C(C)=O)cc2)CC1. The number of nitrogens with zero attached hydrogens (tertiary/aromatic N) is 2. The Morgan fingerprint density at radius 3 is 2.36 bits per heavy atom. The van der Waals surface area contributed by atoms with E-state index in [0.717, 1.165) is 54.6 Å². The van der Waals surface area contributed by atoms with E-state index >= 15 is 0 Å². The second kappa shape index (κ2) is 7.89. The number of hydrogen-bond acceptors (Lipinski definition) is 4. The molecule has 2 aromatic carbocycles. The number of ketones is 1. The molecule has 1 aliphatic rings. The van der Waals surface area contributed by atoms with Gasteiger partial charge in [-0.05, 0) is 49.4 Å². The number of methoxy groups -OCH3 is 1. The van der Waals surface area contributed by atoms with E-state index in [4.69, 9.17) is 16.3 Å². The molecule has 0 N–H and O–H groups in total. The molecule has 4 nitrogen and oxygen atoms in total. The van der Waals surface area contributed by atoms with Gasteiger partial charge in [0.2, 0.25) is 0 Å². The van der Waals surface area contributed by atoms with Gasteiger partial charge in [-0.25, -0.2) is 0 Å². The number of benzene rings is 2. The Morgan fingerprint density at radius 2 is 1.76 bits per heavy atom. The van der Waals surface area contributed by atoms with Crippen LogP contribution in [0.2, 0.25) is 5.02 Å². The summed E-state index contributed by atoms with van der Waals surface area (Å²) in [6.07, 6.45) is 0. The molecule has 0 saturated carbocycles. The number of ether oxygens (including phenoxy) is 1. The van der Waals surface area contributed by atoms with Gasteiger partial charge < -0.3 is 9.64 Å². The normalized spacial score (nSPS) is 15.2. The highest BCUT2D eigenvalue weighted by atomic mass is 35.5. The first-order valence-electron chi connectivity index (χ1n) is 8.47. The van der Waals surface area contributed by atoms with Gasteiger partial charge in [0.25, 0.3) is 0 Å².